The minimum Gasteiger partial charge on any atom is -0.481 e. The van der Waals surface area contributed by atoms with E-state index in [9.17, 15) is 19.5 Å². The molecule has 1 aromatic carbocycles. The van der Waals surface area contributed by atoms with E-state index in [2.05, 4.69) is 5.32 Å². The summed E-state index contributed by atoms with van der Waals surface area (Å²) in [5.41, 5.74) is 3.23. The topological polar surface area (TPSA) is 83.5 Å². The first-order chi connectivity index (χ1) is 11.9. The maximum absolute atomic E-state index is 12.3. The van der Waals surface area contributed by atoms with Crippen LogP contribution in [0, 0.1) is 11.8 Å². The van der Waals surface area contributed by atoms with Gasteiger partial charge in [-0.1, -0.05) is 26.0 Å². The number of carboxylic acids is 1. The van der Waals surface area contributed by atoms with Gasteiger partial charge in [-0.3, -0.25) is 14.4 Å². The van der Waals surface area contributed by atoms with Crippen LogP contribution in [0.4, 0.5) is 0 Å². The smallest absolute Gasteiger partial charge is 0.308 e. The van der Waals surface area contributed by atoms with Crippen molar-refractivity contribution in [3.05, 3.63) is 34.9 Å². The number of aryl methyl sites for hydroxylation is 2. The first-order valence-corrected chi connectivity index (χ1v) is 9.01. The number of rotatable bonds is 9. The van der Waals surface area contributed by atoms with Gasteiger partial charge in [-0.05, 0) is 48.8 Å². The van der Waals surface area contributed by atoms with E-state index in [4.69, 9.17) is 0 Å². The molecule has 0 aromatic heterocycles. The van der Waals surface area contributed by atoms with Crippen LogP contribution in [0.3, 0.4) is 0 Å². The molecule has 0 radical (unpaired) electrons. The molecule has 0 fully saturated rings. The molecule has 1 atom stereocenters. The molecule has 0 aliphatic heterocycles. The van der Waals surface area contributed by atoms with Crippen molar-refractivity contribution in [3.8, 4) is 0 Å². The SMILES string of the molecule is CC(C)CC(CNC(=O)CCC(=O)c1ccc2c(c1)CCC2)C(=O)O. The van der Waals surface area contributed by atoms with Gasteiger partial charge in [-0.25, -0.2) is 0 Å². The number of carbonyl (C=O) groups excluding carboxylic acids is 2. The largest absolute Gasteiger partial charge is 0.481 e. The number of ketones is 1. The van der Waals surface area contributed by atoms with Crippen molar-refractivity contribution in [2.75, 3.05) is 6.54 Å². The van der Waals surface area contributed by atoms with Gasteiger partial charge in [0.15, 0.2) is 5.78 Å². The minimum atomic E-state index is -0.900. The van der Waals surface area contributed by atoms with Crippen molar-refractivity contribution in [1.29, 1.82) is 0 Å². The van der Waals surface area contributed by atoms with E-state index < -0.39 is 11.9 Å². The number of carboxylic acid groups (broad SMARTS) is 1. The van der Waals surface area contributed by atoms with Crippen LogP contribution in [-0.4, -0.2) is 29.3 Å². The molecule has 1 aromatic rings. The van der Waals surface area contributed by atoms with Crippen LogP contribution in [0.25, 0.3) is 0 Å². The fourth-order valence-electron chi connectivity index (χ4n) is 3.28. The second-order valence-corrected chi connectivity index (χ2v) is 7.23. The minimum absolute atomic E-state index is 0.0400. The molecule has 0 saturated carbocycles. The van der Waals surface area contributed by atoms with Crippen LogP contribution in [0.15, 0.2) is 18.2 Å². The Hall–Kier alpha value is -2.17. The van der Waals surface area contributed by atoms with Crippen LogP contribution < -0.4 is 5.32 Å². The molecule has 5 heteroatoms. The fourth-order valence-corrected chi connectivity index (χ4v) is 3.28. The molecule has 136 valence electrons. The van der Waals surface area contributed by atoms with E-state index in [1.807, 2.05) is 32.0 Å². The average Bonchev–Trinajstić information content (AvgIpc) is 3.03. The summed E-state index contributed by atoms with van der Waals surface area (Å²) in [5.74, 6) is -1.55. The third-order valence-electron chi connectivity index (χ3n) is 4.65. The van der Waals surface area contributed by atoms with Crippen LogP contribution in [0.1, 0.15) is 61.0 Å². The van der Waals surface area contributed by atoms with Crippen molar-refractivity contribution in [1.82, 2.24) is 5.32 Å². The molecule has 1 aliphatic carbocycles. The van der Waals surface area contributed by atoms with Gasteiger partial charge in [-0.2, -0.15) is 0 Å². The molecule has 1 amide bonds. The number of carbonyl (C=O) groups is 3. The van der Waals surface area contributed by atoms with Crippen LogP contribution >= 0.6 is 0 Å². The van der Waals surface area contributed by atoms with Gasteiger partial charge in [0.2, 0.25) is 5.91 Å². The van der Waals surface area contributed by atoms with Gasteiger partial charge in [0.25, 0.3) is 0 Å². The van der Waals surface area contributed by atoms with E-state index in [1.54, 1.807) is 0 Å². The van der Waals surface area contributed by atoms with Crippen molar-refractivity contribution < 1.29 is 19.5 Å². The molecule has 1 aliphatic rings. The molecule has 25 heavy (non-hydrogen) atoms. The number of hydrogen-bond donors (Lipinski definition) is 2. The van der Waals surface area contributed by atoms with E-state index in [0.717, 1.165) is 19.3 Å². The molecule has 2 rings (SSSR count). The molecule has 0 bridgehead atoms. The zero-order valence-corrected chi connectivity index (χ0v) is 15.0. The summed E-state index contributed by atoms with van der Waals surface area (Å²) in [7, 11) is 0. The predicted octanol–water partition coefficient (Wildman–Crippen LogP) is 3.00. The lowest BCUT2D eigenvalue weighted by Gasteiger charge is -2.15. The maximum Gasteiger partial charge on any atom is 0.308 e. The summed E-state index contributed by atoms with van der Waals surface area (Å²) in [4.78, 5) is 35.4. The van der Waals surface area contributed by atoms with Crippen LogP contribution in [0.2, 0.25) is 0 Å². The number of Topliss-reactive ketones (excluding diaryl/α,β-unsaturated/α-hetero) is 1. The van der Waals surface area contributed by atoms with Gasteiger partial charge >= 0.3 is 5.97 Å². The summed E-state index contributed by atoms with van der Waals surface area (Å²) in [5, 5.41) is 11.8. The highest BCUT2D eigenvalue weighted by Gasteiger charge is 2.20. The Bertz CT molecular complexity index is 651. The number of amides is 1. The predicted molar refractivity (Wildman–Crippen MR) is 95.6 cm³/mol. The molecule has 0 spiro atoms. The average molecular weight is 345 g/mol. The third kappa shape index (κ3) is 5.69. The van der Waals surface area contributed by atoms with Crippen molar-refractivity contribution in [2.24, 2.45) is 11.8 Å². The summed E-state index contributed by atoms with van der Waals surface area (Å²) in [6.45, 7) is 4.01. The van der Waals surface area contributed by atoms with Gasteiger partial charge in [-0.15, -0.1) is 0 Å². The zero-order valence-electron chi connectivity index (χ0n) is 15.0. The summed E-state index contributed by atoms with van der Waals surface area (Å²) in [6.07, 6.45) is 3.98. The van der Waals surface area contributed by atoms with Gasteiger partial charge < -0.3 is 10.4 Å². The first-order valence-electron chi connectivity index (χ1n) is 9.01. The molecule has 5 nitrogen and oxygen atoms in total. The second-order valence-electron chi connectivity index (χ2n) is 7.23. The lowest BCUT2D eigenvalue weighted by molar-refractivity contribution is -0.142. The number of aliphatic carboxylic acids is 1. The summed E-state index contributed by atoms with van der Waals surface area (Å²) >= 11 is 0. The van der Waals surface area contributed by atoms with Crippen molar-refractivity contribution in [3.63, 3.8) is 0 Å². The van der Waals surface area contributed by atoms with Gasteiger partial charge in [0.05, 0.1) is 5.92 Å². The number of benzene rings is 1. The van der Waals surface area contributed by atoms with Crippen LogP contribution in [-0.2, 0) is 22.4 Å². The standard InChI is InChI=1S/C20H27NO4/c1-13(2)10-17(20(24)25)12-21-19(23)9-8-18(22)16-7-6-14-4-3-5-15(14)11-16/h6-7,11,13,17H,3-5,8-10,12H2,1-2H3,(H,21,23)(H,24,25). The molecule has 1 unspecified atom stereocenters. The maximum atomic E-state index is 12.3. The van der Waals surface area contributed by atoms with E-state index in [1.165, 1.54) is 11.1 Å². The first kappa shape index (κ1) is 19.2. The fraction of sp³-hybridized carbons (Fsp3) is 0.550. The van der Waals surface area contributed by atoms with Gasteiger partial charge in [0.1, 0.15) is 0 Å². The highest BCUT2D eigenvalue weighted by atomic mass is 16.4. The lowest BCUT2D eigenvalue weighted by atomic mass is 9.97. The molecular weight excluding hydrogens is 318 g/mol. The Morgan fingerprint density at radius 2 is 1.84 bits per heavy atom. The number of fused-ring (bicyclic) bond motifs is 1. The molecular formula is C20H27NO4. The summed E-state index contributed by atoms with van der Waals surface area (Å²) in [6, 6.07) is 5.80. The van der Waals surface area contributed by atoms with Gasteiger partial charge in [0, 0.05) is 24.9 Å². The third-order valence-corrected chi connectivity index (χ3v) is 4.65. The number of nitrogens with one attached hydrogen (secondary N) is 1. The van der Waals surface area contributed by atoms with Crippen LogP contribution in [0.5, 0.6) is 0 Å². The lowest BCUT2D eigenvalue weighted by Crippen LogP contribution is -2.33. The normalized spacial score (nSPS) is 14.2. The number of hydrogen-bond acceptors (Lipinski definition) is 3. The van der Waals surface area contributed by atoms with Crippen molar-refractivity contribution >= 4 is 17.7 Å². The highest BCUT2D eigenvalue weighted by molar-refractivity contribution is 5.98. The Kier molecular flexibility index (Phi) is 6.73. The van der Waals surface area contributed by atoms with E-state index >= 15 is 0 Å². The van der Waals surface area contributed by atoms with E-state index in [0.29, 0.717) is 12.0 Å². The van der Waals surface area contributed by atoms with Crippen molar-refractivity contribution in [2.45, 2.75) is 52.4 Å². The Balaban J connectivity index is 1.79. The second kappa shape index (κ2) is 8.79. The highest BCUT2D eigenvalue weighted by Crippen LogP contribution is 2.23. The monoisotopic (exact) mass is 345 g/mol. The summed E-state index contributed by atoms with van der Waals surface area (Å²) < 4.78 is 0. The van der Waals surface area contributed by atoms with E-state index in [-0.39, 0.29) is 37.0 Å². The molecule has 2 N–H and O–H groups in total. The Morgan fingerprint density at radius 1 is 1.12 bits per heavy atom. The quantitative estimate of drug-likeness (QED) is 0.674. The molecule has 0 heterocycles. The Morgan fingerprint density at radius 3 is 2.52 bits per heavy atom. The molecule has 0 saturated heterocycles. The zero-order chi connectivity index (χ0) is 18.4. The Labute approximate surface area is 148 Å².